The van der Waals surface area contributed by atoms with Crippen molar-refractivity contribution in [2.75, 3.05) is 13.1 Å². The highest BCUT2D eigenvalue weighted by Crippen LogP contribution is 2.24. The average molecular weight is 252 g/mol. The number of hydrogen-bond acceptors (Lipinski definition) is 3. The summed E-state index contributed by atoms with van der Waals surface area (Å²) in [5.41, 5.74) is 7.43. The molecule has 0 radical (unpaired) electrons. The Balaban J connectivity index is 2.82. The van der Waals surface area contributed by atoms with E-state index in [4.69, 9.17) is 5.73 Å². The molecule has 0 bridgehead atoms. The van der Waals surface area contributed by atoms with Gasteiger partial charge < -0.3 is 5.73 Å². The number of aryl methyl sites for hydroxylation is 1. The highest BCUT2D eigenvalue weighted by Gasteiger charge is 2.31. The van der Waals surface area contributed by atoms with Gasteiger partial charge in [-0.2, -0.15) is 5.10 Å². The average Bonchev–Trinajstić information content (AvgIpc) is 2.87. The first kappa shape index (κ1) is 15.2. The Morgan fingerprint density at radius 2 is 1.94 bits per heavy atom. The molecule has 104 valence electrons. The fourth-order valence-electron chi connectivity index (χ4n) is 2.61. The van der Waals surface area contributed by atoms with Crippen LogP contribution < -0.4 is 5.73 Å². The molecule has 18 heavy (non-hydrogen) atoms. The summed E-state index contributed by atoms with van der Waals surface area (Å²) in [5, 5.41) is 4.34. The number of nitrogens with two attached hydrogens (primary N) is 1. The summed E-state index contributed by atoms with van der Waals surface area (Å²) < 4.78 is 1.98. The molecule has 4 nitrogen and oxygen atoms in total. The molecule has 0 saturated carbocycles. The monoisotopic (exact) mass is 252 g/mol. The second kappa shape index (κ2) is 6.90. The quantitative estimate of drug-likeness (QED) is 0.772. The van der Waals surface area contributed by atoms with E-state index in [1.807, 2.05) is 10.9 Å². The van der Waals surface area contributed by atoms with Crippen molar-refractivity contribution in [3.63, 3.8) is 0 Å². The van der Waals surface area contributed by atoms with Crippen LogP contribution in [0.4, 0.5) is 0 Å². The summed E-state index contributed by atoms with van der Waals surface area (Å²) in [6.45, 7) is 12.4. The van der Waals surface area contributed by atoms with E-state index in [0.29, 0.717) is 0 Å². The number of aromatic nitrogens is 2. The van der Waals surface area contributed by atoms with Gasteiger partial charge >= 0.3 is 0 Å². The van der Waals surface area contributed by atoms with Crippen LogP contribution in [-0.2, 0) is 13.1 Å². The van der Waals surface area contributed by atoms with Crippen LogP contribution in [0.1, 0.15) is 46.1 Å². The van der Waals surface area contributed by atoms with Gasteiger partial charge in [0.05, 0.1) is 6.20 Å². The van der Waals surface area contributed by atoms with Gasteiger partial charge in [0.25, 0.3) is 0 Å². The van der Waals surface area contributed by atoms with Crippen LogP contribution in [0.5, 0.6) is 0 Å². The Kier molecular flexibility index (Phi) is 5.82. The molecule has 0 atom stereocenters. The fraction of sp³-hybridized carbons (Fsp3) is 0.786. The summed E-state index contributed by atoms with van der Waals surface area (Å²) in [4.78, 5) is 2.49. The lowest BCUT2D eigenvalue weighted by atomic mass is 9.90. The van der Waals surface area contributed by atoms with Crippen LogP contribution in [0, 0.1) is 0 Å². The van der Waals surface area contributed by atoms with Crippen molar-refractivity contribution < 1.29 is 0 Å². The maximum atomic E-state index is 6.03. The summed E-state index contributed by atoms with van der Waals surface area (Å²) in [7, 11) is 0. The minimum atomic E-state index is 0.128. The lowest BCUT2D eigenvalue weighted by Crippen LogP contribution is -2.52. The van der Waals surface area contributed by atoms with Crippen molar-refractivity contribution in [1.29, 1.82) is 0 Å². The topological polar surface area (TPSA) is 47.1 Å². The third-order valence-electron chi connectivity index (χ3n) is 4.13. The van der Waals surface area contributed by atoms with Crippen LogP contribution in [0.2, 0.25) is 0 Å². The number of likely N-dealkylation sites (N-methyl/N-ethyl adjacent to an activating group) is 1. The molecule has 2 N–H and O–H groups in total. The molecule has 0 amide bonds. The van der Waals surface area contributed by atoms with E-state index in [1.54, 1.807) is 0 Å². The van der Waals surface area contributed by atoms with Crippen LogP contribution in [-0.4, -0.2) is 33.3 Å². The SMILES string of the molecule is CCN(Cc1cnn(CC)c1)C(CC)(CC)CN. The second-order valence-electron chi connectivity index (χ2n) is 4.85. The molecule has 0 saturated heterocycles. The van der Waals surface area contributed by atoms with E-state index in [-0.39, 0.29) is 5.54 Å². The van der Waals surface area contributed by atoms with E-state index < -0.39 is 0 Å². The van der Waals surface area contributed by atoms with Crippen LogP contribution >= 0.6 is 0 Å². The minimum absolute atomic E-state index is 0.128. The maximum Gasteiger partial charge on any atom is 0.0534 e. The van der Waals surface area contributed by atoms with Gasteiger partial charge in [0.1, 0.15) is 0 Å². The molecular weight excluding hydrogens is 224 g/mol. The van der Waals surface area contributed by atoms with Crippen molar-refractivity contribution in [3.05, 3.63) is 18.0 Å². The maximum absolute atomic E-state index is 6.03. The lowest BCUT2D eigenvalue weighted by Gasteiger charge is -2.42. The Hall–Kier alpha value is -0.870. The number of nitrogens with zero attached hydrogens (tertiary/aromatic N) is 3. The first-order valence-electron chi connectivity index (χ1n) is 7.12. The summed E-state index contributed by atoms with van der Waals surface area (Å²) in [5.74, 6) is 0. The predicted molar refractivity (Wildman–Crippen MR) is 76.4 cm³/mol. The van der Waals surface area contributed by atoms with Crippen molar-refractivity contribution in [2.45, 2.75) is 59.2 Å². The highest BCUT2D eigenvalue weighted by atomic mass is 15.3. The fourth-order valence-corrected chi connectivity index (χ4v) is 2.61. The third-order valence-corrected chi connectivity index (χ3v) is 4.13. The van der Waals surface area contributed by atoms with Crippen molar-refractivity contribution in [1.82, 2.24) is 14.7 Å². The van der Waals surface area contributed by atoms with E-state index in [9.17, 15) is 0 Å². The minimum Gasteiger partial charge on any atom is -0.329 e. The zero-order chi connectivity index (χ0) is 13.6. The Labute approximate surface area is 111 Å². The van der Waals surface area contributed by atoms with E-state index in [0.717, 1.165) is 39.0 Å². The van der Waals surface area contributed by atoms with Crippen LogP contribution in [0.3, 0.4) is 0 Å². The Morgan fingerprint density at radius 3 is 2.33 bits per heavy atom. The molecule has 1 heterocycles. The molecular formula is C14H28N4. The molecule has 0 spiro atoms. The van der Waals surface area contributed by atoms with E-state index in [2.05, 4.69) is 43.9 Å². The van der Waals surface area contributed by atoms with Gasteiger partial charge in [-0.3, -0.25) is 9.58 Å². The van der Waals surface area contributed by atoms with Gasteiger partial charge in [0, 0.05) is 36.9 Å². The van der Waals surface area contributed by atoms with Gasteiger partial charge in [0.2, 0.25) is 0 Å². The molecule has 1 aromatic heterocycles. The van der Waals surface area contributed by atoms with E-state index >= 15 is 0 Å². The number of hydrogen-bond donors (Lipinski definition) is 1. The molecule has 0 unspecified atom stereocenters. The normalized spacial score (nSPS) is 12.3. The first-order chi connectivity index (χ1) is 8.65. The number of rotatable bonds is 8. The molecule has 0 aliphatic rings. The smallest absolute Gasteiger partial charge is 0.0534 e. The molecule has 0 aromatic carbocycles. The summed E-state index contributed by atoms with van der Waals surface area (Å²) in [6.07, 6.45) is 6.29. The van der Waals surface area contributed by atoms with Crippen molar-refractivity contribution in [2.24, 2.45) is 5.73 Å². The van der Waals surface area contributed by atoms with Gasteiger partial charge in [-0.25, -0.2) is 0 Å². The largest absolute Gasteiger partial charge is 0.329 e. The molecule has 4 heteroatoms. The standard InChI is InChI=1S/C14H28N4/c1-5-14(6-2,12-15)17(7-3)10-13-9-16-18(8-4)11-13/h9,11H,5-8,10,12,15H2,1-4H3. The van der Waals surface area contributed by atoms with Crippen molar-refractivity contribution >= 4 is 0 Å². The van der Waals surface area contributed by atoms with Gasteiger partial charge in [-0.05, 0) is 26.3 Å². The molecule has 0 fully saturated rings. The van der Waals surface area contributed by atoms with Crippen LogP contribution in [0.25, 0.3) is 0 Å². The Bertz CT molecular complexity index is 333. The zero-order valence-corrected chi connectivity index (χ0v) is 12.3. The second-order valence-corrected chi connectivity index (χ2v) is 4.85. The van der Waals surface area contributed by atoms with Crippen molar-refractivity contribution in [3.8, 4) is 0 Å². The first-order valence-corrected chi connectivity index (χ1v) is 7.12. The Morgan fingerprint density at radius 1 is 1.28 bits per heavy atom. The van der Waals surface area contributed by atoms with Gasteiger partial charge in [-0.1, -0.05) is 20.8 Å². The lowest BCUT2D eigenvalue weighted by molar-refractivity contribution is 0.0828. The molecule has 0 aliphatic carbocycles. The zero-order valence-electron chi connectivity index (χ0n) is 12.3. The predicted octanol–water partition coefficient (Wildman–Crippen LogP) is 2.24. The molecule has 1 aromatic rings. The van der Waals surface area contributed by atoms with Gasteiger partial charge in [0.15, 0.2) is 0 Å². The molecule has 1 rings (SSSR count). The van der Waals surface area contributed by atoms with Gasteiger partial charge in [-0.15, -0.1) is 0 Å². The third kappa shape index (κ3) is 3.12. The van der Waals surface area contributed by atoms with Crippen LogP contribution in [0.15, 0.2) is 12.4 Å². The highest BCUT2D eigenvalue weighted by molar-refractivity contribution is 5.05. The van der Waals surface area contributed by atoms with E-state index in [1.165, 1.54) is 5.56 Å². The summed E-state index contributed by atoms with van der Waals surface area (Å²) >= 11 is 0. The molecule has 0 aliphatic heterocycles. The summed E-state index contributed by atoms with van der Waals surface area (Å²) in [6, 6.07) is 0.